The third-order valence-electron chi connectivity index (χ3n) is 5.96. The molecule has 1 aromatic rings. The van der Waals surface area contributed by atoms with Crippen LogP contribution in [0.25, 0.3) is 0 Å². The summed E-state index contributed by atoms with van der Waals surface area (Å²) in [6, 6.07) is -3.74. The van der Waals surface area contributed by atoms with Gasteiger partial charge in [-0.2, -0.15) is 11.8 Å². The van der Waals surface area contributed by atoms with Gasteiger partial charge in [-0.05, 0) is 44.1 Å². The molecular formula is C22H37N9O5S. The molecular weight excluding hydrogens is 502 g/mol. The predicted octanol–water partition coefficient (Wildman–Crippen LogP) is -1.87. The number of nitrogens with one attached hydrogen (secondary N) is 3. The molecule has 2 heterocycles. The van der Waals surface area contributed by atoms with E-state index in [1.165, 1.54) is 29.2 Å². The van der Waals surface area contributed by atoms with E-state index in [1.54, 1.807) is 0 Å². The van der Waals surface area contributed by atoms with E-state index in [2.05, 4.69) is 25.6 Å². The molecule has 1 saturated heterocycles. The van der Waals surface area contributed by atoms with Gasteiger partial charge in [0.05, 0.1) is 12.4 Å². The predicted molar refractivity (Wildman–Crippen MR) is 139 cm³/mol. The third kappa shape index (κ3) is 9.57. The summed E-state index contributed by atoms with van der Waals surface area (Å²) in [5.74, 6) is -2.11. The van der Waals surface area contributed by atoms with Gasteiger partial charge in [0.1, 0.15) is 18.1 Å². The highest BCUT2D eigenvalue weighted by Gasteiger charge is 2.37. The van der Waals surface area contributed by atoms with Gasteiger partial charge in [0.2, 0.25) is 17.7 Å². The monoisotopic (exact) mass is 539 g/mol. The SMILES string of the molecule is CSCCC(NC(=O)C1CCCN1C(=O)C(N)CCCN=C(N)N)C(=O)NC(Cc1cnc[nH]1)C(=O)O. The van der Waals surface area contributed by atoms with Gasteiger partial charge in [-0.25, -0.2) is 9.78 Å². The Labute approximate surface area is 219 Å². The fraction of sp³-hybridized carbons (Fsp3) is 0.636. The number of nitrogens with zero attached hydrogens (tertiary/aromatic N) is 3. The van der Waals surface area contributed by atoms with E-state index < -0.39 is 42.0 Å². The van der Waals surface area contributed by atoms with Gasteiger partial charge in [-0.3, -0.25) is 19.4 Å². The number of amides is 3. The summed E-state index contributed by atoms with van der Waals surface area (Å²) in [5, 5.41) is 14.8. The number of carboxylic acid groups (broad SMARTS) is 1. The molecule has 15 heteroatoms. The molecule has 4 unspecified atom stereocenters. The number of imidazole rings is 1. The van der Waals surface area contributed by atoms with Crippen LogP contribution in [-0.4, -0.2) is 98.9 Å². The quantitative estimate of drug-likeness (QED) is 0.0744. The first-order chi connectivity index (χ1) is 17.6. The lowest BCUT2D eigenvalue weighted by Crippen LogP contribution is -2.57. The number of rotatable bonds is 15. The standard InChI is InChI=1S/C22H37N9O5S/c1-37-9-6-15(18(32)30-16(21(35)36)10-13-11-26-12-28-13)29-19(33)17-5-3-8-31(17)20(34)14(23)4-2-7-27-22(24)25/h11-12,14-17H,2-10,23H2,1H3,(H,26,28)(H,29,33)(H,30,32)(H,35,36)(H4,24,25,27). The van der Waals surface area contributed by atoms with Crippen molar-refractivity contribution < 1.29 is 24.3 Å². The number of carbonyl (C=O) groups excluding carboxylic acids is 3. The van der Waals surface area contributed by atoms with Gasteiger partial charge < -0.3 is 42.8 Å². The second-order valence-corrected chi connectivity index (χ2v) is 9.75. The molecule has 37 heavy (non-hydrogen) atoms. The molecule has 1 aliphatic heterocycles. The van der Waals surface area contributed by atoms with Gasteiger partial charge in [0, 0.05) is 31.4 Å². The minimum absolute atomic E-state index is 0.0102. The molecule has 0 bridgehead atoms. The number of likely N-dealkylation sites (tertiary alicyclic amines) is 1. The number of aliphatic imine (C=N–C) groups is 1. The third-order valence-corrected chi connectivity index (χ3v) is 6.60. The average Bonchev–Trinajstić information content (AvgIpc) is 3.55. The zero-order valence-electron chi connectivity index (χ0n) is 20.9. The molecule has 1 aromatic heterocycles. The fourth-order valence-corrected chi connectivity index (χ4v) is 4.49. The summed E-state index contributed by atoms with van der Waals surface area (Å²) in [6.07, 6.45) is 6.98. The minimum atomic E-state index is -1.21. The lowest BCUT2D eigenvalue weighted by molar-refractivity contribution is -0.143. The number of hydrogen-bond donors (Lipinski definition) is 7. The van der Waals surface area contributed by atoms with E-state index >= 15 is 0 Å². The van der Waals surface area contributed by atoms with Crippen LogP contribution in [0, 0.1) is 0 Å². The largest absolute Gasteiger partial charge is 0.480 e. The van der Waals surface area contributed by atoms with Gasteiger partial charge >= 0.3 is 5.97 Å². The second-order valence-electron chi connectivity index (χ2n) is 8.77. The van der Waals surface area contributed by atoms with Crippen LogP contribution in [0.3, 0.4) is 0 Å². The van der Waals surface area contributed by atoms with Crippen LogP contribution >= 0.6 is 11.8 Å². The number of carboxylic acids is 1. The van der Waals surface area contributed by atoms with Crippen molar-refractivity contribution >= 4 is 41.4 Å². The number of guanidine groups is 1. The molecule has 0 aliphatic carbocycles. The van der Waals surface area contributed by atoms with E-state index in [0.717, 1.165) is 0 Å². The molecule has 3 amide bonds. The van der Waals surface area contributed by atoms with Crippen molar-refractivity contribution in [3.8, 4) is 0 Å². The number of carbonyl (C=O) groups is 4. The topological polar surface area (TPSA) is 235 Å². The maximum atomic E-state index is 13.2. The number of aromatic nitrogens is 2. The summed E-state index contributed by atoms with van der Waals surface area (Å²) in [6.45, 7) is 0.725. The first-order valence-corrected chi connectivity index (χ1v) is 13.4. The Morgan fingerprint density at radius 3 is 2.65 bits per heavy atom. The Bertz CT molecular complexity index is 939. The Balaban J connectivity index is 2.02. The molecule has 0 spiro atoms. The molecule has 14 nitrogen and oxygen atoms in total. The number of H-pyrrole nitrogens is 1. The van der Waals surface area contributed by atoms with Crippen molar-refractivity contribution in [3.05, 3.63) is 18.2 Å². The van der Waals surface area contributed by atoms with Crippen LogP contribution in [0.5, 0.6) is 0 Å². The van der Waals surface area contributed by atoms with E-state index in [9.17, 15) is 24.3 Å². The summed E-state index contributed by atoms with van der Waals surface area (Å²) in [7, 11) is 0. The number of aromatic amines is 1. The lowest BCUT2D eigenvalue weighted by Gasteiger charge is -2.28. The highest BCUT2D eigenvalue weighted by atomic mass is 32.2. The average molecular weight is 540 g/mol. The minimum Gasteiger partial charge on any atom is -0.480 e. The Morgan fingerprint density at radius 1 is 1.27 bits per heavy atom. The Hall–Kier alpha value is -3.33. The molecule has 10 N–H and O–H groups in total. The summed E-state index contributed by atoms with van der Waals surface area (Å²) in [4.78, 5) is 62.8. The first-order valence-electron chi connectivity index (χ1n) is 12.0. The zero-order valence-corrected chi connectivity index (χ0v) is 21.7. The summed E-state index contributed by atoms with van der Waals surface area (Å²) in [5.41, 5.74) is 17.2. The highest BCUT2D eigenvalue weighted by molar-refractivity contribution is 7.98. The molecule has 0 radical (unpaired) electrons. The lowest BCUT2D eigenvalue weighted by atomic mass is 10.1. The van der Waals surface area contributed by atoms with Crippen LogP contribution in [0.1, 0.15) is 37.8 Å². The maximum Gasteiger partial charge on any atom is 0.326 e. The zero-order chi connectivity index (χ0) is 27.4. The molecule has 4 atom stereocenters. The van der Waals surface area contributed by atoms with Crippen LogP contribution in [-0.2, 0) is 25.6 Å². The van der Waals surface area contributed by atoms with Crippen molar-refractivity contribution in [2.75, 3.05) is 25.1 Å². The molecule has 0 aromatic carbocycles. The molecule has 206 valence electrons. The van der Waals surface area contributed by atoms with E-state index in [4.69, 9.17) is 17.2 Å². The summed E-state index contributed by atoms with van der Waals surface area (Å²) < 4.78 is 0. The number of hydrogen-bond acceptors (Lipinski definition) is 8. The first kappa shape index (κ1) is 29.9. The van der Waals surface area contributed by atoms with Crippen molar-refractivity contribution in [2.24, 2.45) is 22.2 Å². The highest BCUT2D eigenvalue weighted by Crippen LogP contribution is 2.20. The summed E-state index contributed by atoms with van der Waals surface area (Å²) >= 11 is 1.49. The van der Waals surface area contributed by atoms with Crippen molar-refractivity contribution in [2.45, 2.75) is 62.7 Å². The van der Waals surface area contributed by atoms with Crippen LogP contribution in [0.2, 0.25) is 0 Å². The van der Waals surface area contributed by atoms with Gasteiger partial charge in [-0.15, -0.1) is 0 Å². The molecule has 1 aliphatic rings. The second kappa shape index (κ2) is 15.0. The van der Waals surface area contributed by atoms with E-state index in [0.29, 0.717) is 56.6 Å². The smallest absolute Gasteiger partial charge is 0.326 e. The number of aliphatic carboxylic acids is 1. The fourth-order valence-electron chi connectivity index (χ4n) is 4.02. The van der Waals surface area contributed by atoms with Crippen molar-refractivity contribution in [1.29, 1.82) is 0 Å². The van der Waals surface area contributed by atoms with Crippen molar-refractivity contribution in [3.63, 3.8) is 0 Å². The van der Waals surface area contributed by atoms with Gasteiger partial charge in [0.15, 0.2) is 5.96 Å². The maximum absolute atomic E-state index is 13.2. The number of nitrogens with two attached hydrogens (primary N) is 3. The Morgan fingerprint density at radius 2 is 2.03 bits per heavy atom. The Kier molecular flexibility index (Phi) is 12.2. The van der Waals surface area contributed by atoms with Crippen LogP contribution in [0.15, 0.2) is 17.5 Å². The van der Waals surface area contributed by atoms with Crippen molar-refractivity contribution in [1.82, 2.24) is 25.5 Å². The molecule has 1 fully saturated rings. The molecule has 2 rings (SSSR count). The van der Waals surface area contributed by atoms with Crippen LogP contribution < -0.4 is 27.8 Å². The molecule has 0 saturated carbocycles. The van der Waals surface area contributed by atoms with E-state index in [-0.39, 0.29) is 18.3 Å². The number of thioether (sulfide) groups is 1. The van der Waals surface area contributed by atoms with E-state index in [1.807, 2.05) is 6.26 Å². The van der Waals surface area contributed by atoms with Gasteiger partial charge in [0.25, 0.3) is 0 Å². The normalized spacial score (nSPS) is 17.5. The van der Waals surface area contributed by atoms with Gasteiger partial charge in [-0.1, -0.05) is 0 Å². The van der Waals surface area contributed by atoms with Crippen LogP contribution in [0.4, 0.5) is 0 Å².